The number of rotatable bonds is 2. The highest BCUT2D eigenvalue weighted by molar-refractivity contribution is 6.09. The summed E-state index contributed by atoms with van der Waals surface area (Å²) in [6.07, 6.45) is -2.97. The normalized spacial score (nSPS) is 10.5. The third-order valence-electron chi connectivity index (χ3n) is 3.19. The van der Waals surface area contributed by atoms with Gasteiger partial charge < -0.3 is 19.7 Å². The maximum atomic E-state index is 11.0. The standard InChI is InChI=1S/C16H10O6/c17-15(18)21-12-7-3-5-10-8-9-4-1-2-6-11(9)14(13(10)12)22-16(19)20/h1-8H,(H,17,18)(H,19,20). The molecule has 2 N–H and O–H groups in total. The summed E-state index contributed by atoms with van der Waals surface area (Å²) in [6, 6.07) is 13.7. The van der Waals surface area contributed by atoms with Gasteiger partial charge in [0.1, 0.15) is 5.75 Å². The Bertz CT molecular complexity index is 900. The highest BCUT2D eigenvalue weighted by atomic mass is 16.7. The molecule has 0 aliphatic rings. The molecule has 0 atom stereocenters. The first kappa shape index (κ1) is 13.7. The predicted molar refractivity (Wildman–Crippen MR) is 78.8 cm³/mol. The van der Waals surface area contributed by atoms with Crippen LogP contribution >= 0.6 is 0 Å². The summed E-state index contributed by atoms with van der Waals surface area (Å²) in [5.74, 6) is 0.0736. The SMILES string of the molecule is O=C(O)Oc1cccc2cc3ccccc3c(OC(=O)O)c12. The second kappa shape index (κ2) is 5.25. The van der Waals surface area contributed by atoms with E-state index in [1.165, 1.54) is 6.07 Å². The molecule has 0 bridgehead atoms. The monoisotopic (exact) mass is 298 g/mol. The second-order valence-electron chi connectivity index (χ2n) is 4.52. The Hall–Kier alpha value is -3.28. The van der Waals surface area contributed by atoms with Crippen molar-refractivity contribution < 1.29 is 29.3 Å². The lowest BCUT2D eigenvalue weighted by molar-refractivity contribution is 0.144. The van der Waals surface area contributed by atoms with Crippen LogP contribution in [0.1, 0.15) is 0 Å². The van der Waals surface area contributed by atoms with Crippen molar-refractivity contribution in [1.29, 1.82) is 0 Å². The molecule has 3 aromatic carbocycles. The molecule has 3 rings (SSSR count). The van der Waals surface area contributed by atoms with Crippen molar-refractivity contribution in [1.82, 2.24) is 0 Å². The minimum Gasteiger partial charge on any atom is -0.449 e. The van der Waals surface area contributed by atoms with Crippen molar-refractivity contribution in [3.8, 4) is 11.5 Å². The largest absolute Gasteiger partial charge is 0.511 e. The average molecular weight is 298 g/mol. The van der Waals surface area contributed by atoms with Gasteiger partial charge in [-0.3, -0.25) is 0 Å². The minimum atomic E-state index is -1.48. The van der Waals surface area contributed by atoms with Gasteiger partial charge in [0, 0.05) is 5.39 Å². The van der Waals surface area contributed by atoms with Crippen molar-refractivity contribution in [3.05, 3.63) is 48.5 Å². The molecule has 0 heterocycles. The number of benzene rings is 3. The molecule has 0 aliphatic heterocycles. The molecular formula is C16H10O6. The topological polar surface area (TPSA) is 93.1 Å². The van der Waals surface area contributed by atoms with E-state index >= 15 is 0 Å². The van der Waals surface area contributed by atoms with Crippen LogP contribution in [0.25, 0.3) is 21.5 Å². The first-order valence-corrected chi connectivity index (χ1v) is 6.32. The summed E-state index contributed by atoms with van der Waals surface area (Å²) in [7, 11) is 0. The van der Waals surface area contributed by atoms with Gasteiger partial charge in [0.2, 0.25) is 0 Å². The molecule has 6 heteroatoms. The number of hydrogen-bond acceptors (Lipinski definition) is 4. The van der Waals surface area contributed by atoms with Crippen molar-refractivity contribution in [2.24, 2.45) is 0 Å². The van der Waals surface area contributed by atoms with Gasteiger partial charge in [-0.2, -0.15) is 0 Å². The van der Waals surface area contributed by atoms with Gasteiger partial charge in [-0.05, 0) is 22.9 Å². The van der Waals surface area contributed by atoms with Gasteiger partial charge in [0.15, 0.2) is 5.75 Å². The highest BCUT2D eigenvalue weighted by Crippen LogP contribution is 2.40. The quantitative estimate of drug-likeness (QED) is 0.420. The van der Waals surface area contributed by atoms with Crippen LogP contribution in [0.4, 0.5) is 9.59 Å². The first-order chi connectivity index (χ1) is 10.6. The highest BCUT2D eigenvalue weighted by Gasteiger charge is 2.17. The fraction of sp³-hybridized carbons (Fsp3) is 0. The van der Waals surface area contributed by atoms with Crippen molar-refractivity contribution in [3.63, 3.8) is 0 Å². The lowest BCUT2D eigenvalue weighted by atomic mass is 10.0. The molecule has 3 aromatic rings. The molecular weight excluding hydrogens is 288 g/mol. The zero-order chi connectivity index (χ0) is 15.7. The first-order valence-electron chi connectivity index (χ1n) is 6.32. The van der Waals surface area contributed by atoms with E-state index in [4.69, 9.17) is 19.7 Å². The predicted octanol–water partition coefficient (Wildman–Crippen LogP) is 4.11. The van der Waals surface area contributed by atoms with Gasteiger partial charge in [-0.25, -0.2) is 9.59 Å². The number of fused-ring (bicyclic) bond motifs is 2. The van der Waals surface area contributed by atoms with Gasteiger partial charge in [0.25, 0.3) is 0 Å². The summed E-state index contributed by atoms with van der Waals surface area (Å²) in [5, 5.41) is 20.1. The van der Waals surface area contributed by atoms with Gasteiger partial charge in [-0.15, -0.1) is 0 Å². The van der Waals surface area contributed by atoms with Crippen molar-refractivity contribution in [2.75, 3.05) is 0 Å². The molecule has 0 saturated heterocycles. The molecule has 0 radical (unpaired) electrons. The van der Waals surface area contributed by atoms with E-state index in [1.807, 2.05) is 18.2 Å². The molecule has 0 aliphatic carbocycles. The number of carbonyl (C=O) groups is 2. The minimum absolute atomic E-state index is 0.0204. The van der Waals surface area contributed by atoms with Crippen LogP contribution in [-0.4, -0.2) is 22.5 Å². The molecule has 0 unspecified atom stereocenters. The maximum Gasteiger partial charge on any atom is 0.511 e. The molecule has 0 fully saturated rings. The van der Waals surface area contributed by atoms with Crippen LogP contribution in [0.2, 0.25) is 0 Å². The van der Waals surface area contributed by atoms with E-state index in [-0.39, 0.29) is 11.5 Å². The van der Waals surface area contributed by atoms with Crippen LogP contribution in [0.5, 0.6) is 11.5 Å². The fourth-order valence-electron chi connectivity index (χ4n) is 2.42. The van der Waals surface area contributed by atoms with Gasteiger partial charge in [0.05, 0.1) is 5.39 Å². The van der Waals surface area contributed by atoms with Crippen LogP contribution < -0.4 is 9.47 Å². The summed E-state index contributed by atoms with van der Waals surface area (Å²) in [5.41, 5.74) is 0. The smallest absolute Gasteiger partial charge is 0.449 e. The summed E-state index contributed by atoms with van der Waals surface area (Å²) in [4.78, 5) is 21.8. The van der Waals surface area contributed by atoms with E-state index in [0.717, 1.165) is 5.39 Å². The Morgan fingerprint density at radius 2 is 1.50 bits per heavy atom. The molecule has 0 spiro atoms. The van der Waals surface area contributed by atoms with E-state index in [1.54, 1.807) is 24.3 Å². The zero-order valence-electron chi connectivity index (χ0n) is 11.1. The summed E-state index contributed by atoms with van der Waals surface area (Å²) in [6.45, 7) is 0. The lowest BCUT2D eigenvalue weighted by Gasteiger charge is -2.12. The van der Waals surface area contributed by atoms with E-state index in [0.29, 0.717) is 16.2 Å². The average Bonchev–Trinajstić information content (AvgIpc) is 2.46. The molecule has 0 saturated carbocycles. The number of ether oxygens (including phenoxy) is 2. The van der Waals surface area contributed by atoms with E-state index < -0.39 is 12.3 Å². The van der Waals surface area contributed by atoms with Crippen LogP contribution in [0.3, 0.4) is 0 Å². The van der Waals surface area contributed by atoms with Crippen LogP contribution in [0, 0.1) is 0 Å². The van der Waals surface area contributed by atoms with Crippen molar-refractivity contribution in [2.45, 2.75) is 0 Å². The number of hydrogen-bond donors (Lipinski definition) is 2. The number of carboxylic acid groups (broad SMARTS) is 2. The third-order valence-corrected chi connectivity index (χ3v) is 3.19. The van der Waals surface area contributed by atoms with E-state index in [2.05, 4.69) is 0 Å². The molecule has 110 valence electrons. The Morgan fingerprint density at radius 3 is 2.23 bits per heavy atom. The Morgan fingerprint density at radius 1 is 0.818 bits per heavy atom. The maximum absolute atomic E-state index is 11.0. The Labute approximate surface area is 124 Å². The molecule has 0 aromatic heterocycles. The summed E-state index contributed by atoms with van der Waals surface area (Å²) >= 11 is 0. The second-order valence-corrected chi connectivity index (χ2v) is 4.52. The van der Waals surface area contributed by atoms with Crippen molar-refractivity contribution >= 4 is 33.9 Å². The molecule has 0 amide bonds. The van der Waals surface area contributed by atoms with Crippen LogP contribution in [0.15, 0.2) is 48.5 Å². The Kier molecular flexibility index (Phi) is 3.27. The molecule has 6 nitrogen and oxygen atoms in total. The molecule has 22 heavy (non-hydrogen) atoms. The zero-order valence-corrected chi connectivity index (χ0v) is 11.1. The van der Waals surface area contributed by atoms with Gasteiger partial charge >= 0.3 is 12.3 Å². The van der Waals surface area contributed by atoms with Gasteiger partial charge in [-0.1, -0.05) is 36.4 Å². The lowest BCUT2D eigenvalue weighted by Crippen LogP contribution is -2.07. The fourth-order valence-corrected chi connectivity index (χ4v) is 2.42. The van der Waals surface area contributed by atoms with Crippen LogP contribution in [-0.2, 0) is 0 Å². The Balaban J connectivity index is 2.42. The third kappa shape index (κ3) is 2.37. The van der Waals surface area contributed by atoms with E-state index in [9.17, 15) is 9.59 Å². The summed E-state index contributed by atoms with van der Waals surface area (Å²) < 4.78 is 9.65.